The number of hydrogen-bond acceptors (Lipinski definition) is 7. The molecular formula is C16H26O6S. The summed E-state index contributed by atoms with van der Waals surface area (Å²) in [6.45, 7) is 1.84. The van der Waals surface area contributed by atoms with Crippen molar-refractivity contribution in [2.75, 3.05) is 12.9 Å². The summed E-state index contributed by atoms with van der Waals surface area (Å²) in [5.74, 6) is -1.19. The fraction of sp³-hybridized carbons (Fsp3) is 0.812. The summed E-state index contributed by atoms with van der Waals surface area (Å²) in [4.78, 5) is 35.5. The summed E-state index contributed by atoms with van der Waals surface area (Å²) in [6.07, 6.45) is 3.69. The van der Waals surface area contributed by atoms with Crippen molar-refractivity contribution in [1.29, 1.82) is 0 Å². The van der Waals surface area contributed by atoms with Gasteiger partial charge in [0.1, 0.15) is 11.0 Å². The van der Waals surface area contributed by atoms with Crippen molar-refractivity contribution < 1.29 is 29.0 Å². The van der Waals surface area contributed by atoms with Gasteiger partial charge in [0, 0.05) is 18.6 Å². The highest BCUT2D eigenvalue weighted by Gasteiger charge is 2.28. The first kappa shape index (κ1) is 20.0. The van der Waals surface area contributed by atoms with Crippen LogP contribution in [0.15, 0.2) is 0 Å². The molecule has 0 aromatic rings. The number of cyclic esters (lactones) is 1. The molecule has 7 heteroatoms. The molecule has 1 rings (SSSR count). The Morgan fingerprint density at radius 1 is 1.35 bits per heavy atom. The number of thioether (sulfide) groups is 1. The predicted octanol–water partition coefficient (Wildman–Crippen LogP) is 1.87. The van der Waals surface area contributed by atoms with E-state index in [1.807, 2.05) is 6.92 Å². The smallest absolute Gasteiger partial charge is 0.335 e. The third-order valence-corrected chi connectivity index (χ3v) is 5.01. The first-order valence-electron chi connectivity index (χ1n) is 8.03. The average molecular weight is 346 g/mol. The lowest BCUT2D eigenvalue weighted by atomic mass is 10.0. The van der Waals surface area contributed by atoms with Crippen LogP contribution in [-0.2, 0) is 23.9 Å². The van der Waals surface area contributed by atoms with Crippen molar-refractivity contribution in [3.63, 3.8) is 0 Å². The number of aliphatic hydroxyl groups is 1. The Morgan fingerprint density at radius 2 is 2.04 bits per heavy atom. The second-order valence-electron chi connectivity index (χ2n) is 5.80. The number of methoxy groups -OCH3 is 1. The predicted molar refractivity (Wildman–Crippen MR) is 87.1 cm³/mol. The molecule has 6 nitrogen and oxygen atoms in total. The van der Waals surface area contributed by atoms with E-state index in [1.165, 1.54) is 7.11 Å². The molecule has 1 N–H and O–H groups in total. The average Bonchev–Trinajstić information content (AvgIpc) is 2.52. The first-order chi connectivity index (χ1) is 10.9. The molecule has 132 valence electrons. The molecule has 0 bridgehead atoms. The molecule has 3 atom stereocenters. The van der Waals surface area contributed by atoms with E-state index in [2.05, 4.69) is 4.74 Å². The quantitative estimate of drug-likeness (QED) is 0.777. The third-order valence-electron chi connectivity index (χ3n) is 3.74. The number of carbonyl (C=O) groups is 3. The molecular weight excluding hydrogens is 320 g/mol. The fourth-order valence-corrected chi connectivity index (χ4v) is 3.42. The van der Waals surface area contributed by atoms with E-state index in [0.29, 0.717) is 6.42 Å². The van der Waals surface area contributed by atoms with Crippen LogP contribution in [0.3, 0.4) is 0 Å². The Bertz CT molecular complexity index is 411. The highest BCUT2D eigenvalue weighted by Crippen LogP contribution is 2.22. The number of aliphatic hydroxyl groups excluding tert-OH is 1. The summed E-state index contributed by atoms with van der Waals surface area (Å²) in [7, 11) is 1.19. The minimum absolute atomic E-state index is 0.00585. The van der Waals surface area contributed by atoms with Gasteiger partial charge in [-0.3, -0.25) is 9.59 Å². The molecule has 1 heterocycles. The van der Waals surface area contributed by atoms with Crippen LogP contribution in [0.25, 0.3) is 0 Å². The topological polar surface area (TPSA) is 89.9 Å². The Labute approximate surface area is 141 Å². The number of rotatable bonds is 4. The lowest BCUT2D eigenvalue weighted by Crippen LogP contribution is -2.31. The van der Waals surface area contributed by atoms with Gasteiger partial charge in [-0.1, -0.05) is 12.8 Å². The number of Topliss-reactive ketones (excluding diaryl/α,β-unsaturated/α-hetero) is 1. The van der Waals surface area contributed by atoms with Gasteiger partial charge in [-0.15, -0.1) is 11.8 Å². The van der Waals surface area contributed by atoms with E-state index in [4.69, 9.17) is 4.74 Å². The Hall–Kier alpha value is -1.08. The molecule has 0 aromatic carbocycles. The van der Waals surface area contributed by atoms with Crippen molar-refractivity contribution in [2.45, 2.75) is 69.3 Å². The molecule has 0 radical (unpaired) electrons. The van der Waals surface area contributed by atoms with Crippen molar-refractivity contribution in [2.24, 2.45) is 0 Å². The third kappa shape index (κ3) is 7.83. The van der Waals surface area contributed by atoms with Crippen LogP contribution in [0.2, 0.25) is 0 Å². The maximum Gasteiger partial charge on any atom is 0.335 e. The van der Waals surface area contributed by atoms with Gasteiger partial charge in [-0.05, 0) is 26.2 Å². The van der Waals surface area contributed by atoms with Gasteiger partial charge in [0.05, 0.1) is 13.2 Å². The van der Waals surface area contributed by atoms with Crippen LogP contribution < -0.4 is 0 Å². The lowest BCUT2D eigenvalue weighted by molar-refractivity contribution is -0.150. The summed E-state index contributed by atoms with van der Waals surface area (Å²) < 4.78 is 9.84. The van der Waals surface area contributed by atoms with Crippen LogP contribution in [0.1, 0.15) is 51.9 Å². The molecule has 0 aromatic heterocycles. The molecule has 1 aliphatic rings. The number of esters is 2. The van der Waals surface area contributed by atoms with Gasteiger partial charge >= 0.3 is 11.9 Å². The van der Waals surface area contributed by atoms with Gasteiger partial charge < -0.3 is 14.6 Å². The van der Waals surface area contributed by atoms with Gasteiger partial charge in [-0.25, -0.2) is 4.79 Å². The zero-order valence-corrected chi connectivity index (χ0v) is 14.6. The lowest BCUT2D eigenvalue weighted by Gasteiger charge is -2.20. The summed E-state index contributed by atoms with van der Waals surface area (Å²) in [5, 5.41) is 8.94. The molecule has 1 saturated heterocycles. The Morgan fingerprint density at radius 3 is 2.74 bits per heavy atom. The standard InChI is InChI=1S/C16H26O6S/c1-11-7-5-3-4-6-8-12(17)9-14(16(20)22-11)23-10-13(18)15(19)21-2/h11,13-14,18H,3-10H2,1-2H3/t11-,13-,14-/m1/s1. The van der Waals surface area contributed by atoms with Crippen LogP contribution in [-0.4, -0.2) is 53.1 Å². The molecule has 1 fully saturated rings. The van der Waals surface area contributed by atoms with Crippen LogP contribution in [0, 0.1) is 0 Å². The maximum absolute atomic E-state index is 12.2. The number of ether oxygens (including phenoxy) is 2. The van der Waals surface area contributed by atoms with Gasteiger partial charge in [0.15, 0.2) is 6.10 Å². The highest BCUT2D eigenvalue weighted by molar-refractivity contribution is 8.00. The van der Waals surface area contributed by atoms with E-state index in [9.17, 15) is 19.5 Å². The largest absolute Gasteiger partial charge is 0.467 e. The monoisotopic (exact) mass is 346 g/mol. The SMILES string of the molecule is COC(=O)[C@H](O)CS[C@@H]1CC(=O)CCCCCC[C@@H](C)OC1=O. The zero-order valence-electron chi connectivity index (χ0n) is 13.8. The summed E-state index contributed by atoms with van der Waals surface area (Å²) in [6, 6.07) is 0. The van der Waals surface area contributed by atoms with E-state index in [1.54, 1.807) is 0 Å². The van der Waals surface area contributed by atoms with E-state index >= 15 is 0 Å². The van der Waals surface area contributed by atoms with Gasteiger partial charge in [0.25, 0.3) is 0 Å². The second-order valence-corrected chi connectivity index (χ2v) is 7.04. The van der Waals surface area contributed by atoms with Crippen molar-refractivity contribution in [1.82, 2.24) is 0 Å². The minimum Gasteiger partial charge on any atom is -0.467 e. The van der Waals surface area contributed by atoms with Crippen LogP contribution in [0.4, 0.5) is 0 Å². The van der Waals surface area contributed by atoms with Crippen molar-refractivity contribution in [3.8, 4) is 0 Å². The molecule has 0 spiro atoms. The molecule has 0 aliphatic carbocycles. The normalized spacial score (nSPS) is 25.7. The maximum atomic E-state index is 12.2. The highest BCUT2D eigenvalue weighted by atomic mass is 32.2. The molecule has 0 saturated carbocycles. The van der Waals surface area contributed by atoms with Gasteiger partial charge in [-0.2, -0.15) is 0 Å². The minimum atomic E-state index is -1.31. The molecule has 23 heavy (non-hydrogen) atoms. The van der Waals surface area contributed by atoms with E-state index in [-0.39, 0.29) is 24.1 Å². The first-order valence-corrected chi connectivity index (χ1v) is 9.08. The summed E-state index contributed by atoms with van der Waals surface area (Å²) in [5.41, 5.74) is 0. The molecule has 0 unspecified atom stereocenters. The van der Waals surface area contributed by atoms with E-state index in [0.717, 1.165) is 43.9 Å². The van der Waals surface area contributed by atoms with E-state index < -0.39 is 23.3 Å². The van der Waals surface area contributed by atoms with Gasteiger partial charge in [0.2, 0.25) is 0 Å². The van der Waals surface area contributed by atoms with Crippen molar-refractivity contribution >= 4 is 29.5 Å². The Balaban J connectivity index is 2.65. The fourth-order valence-electron chi connectivity index (χ4n) is 2.37. The summed E-state index contributed by atoms with van der Waals surface area (Å²) >= 11 is 1.07. The van der Waals surface area contributed by atoms with Crippen molar-refractivity contribution in [3.05, 3.63) is 0 Å². The zero-order chi connectivity index (χ0) is 17.2. The Kier molecular flexibility index (Phi) is 9.24. The van der Waals surface area contributed by atoms with Crippen LogP contribution in [0.5, 0.6) is 0 Å². The number of carbonyl (C=O) groups excluding carboxylic acids is 3. The number of ketones is 1. The number of hydrogen-bond donors (Lipinski definition) is 1. The molecule has 0 amide bonds. The second kappa shape index (κ2) is 10.6. The van der Waals surface area contributed by atoms with Crippen LogP contribution >= 0.6 is 11.8 Å². The molecule has 1 aliphatic heterocycles.